The number of piperazine rings is 1. The number of nitrogens with one attached hydrogen (secondary N) is 2. The molecule has 3 aromatic rings. The van der Waals surface area contributed by atoms with E-state index in [1.807, 2.05) is 17.0 Å². The molecular formula is C26H30N6O3S. The third-order valence-corrected chi connectivity index (χ3v) is 8.46. The number of nitrogens with zero attached hydrogens (tertiary/aromatic N) is 4. The van der Waals surface area contributed by atoms with Crippen LogP contribution in [0.15, 0.2) is 65.7 Å². The molecule has 2 aromatic carbocycles. The summed E-state index contributed by atoms with van der Waals surface area (Å²) in [5.74, 6) is 0.450. The van der Waals surface area contributed by atoms with Gasteiger partial charge in [-0.15, -0.1) is 0 Å². The Morgan fingerprint density at radius 1 is 0.861 bits per heavy atom. The average Bonchev–Trinajstić information content (AvgIpc) is 2.94. The van der Waals surface area contributed by atoms with Gasteiger partial charge in [-0.05, 0) is 55.3 Å². The van der Waals surface area contributed by atoms with Crippen molar-refractivity contribution in [2.24, 2.45) is 0 Å². The van der Waals surface area contributed by atoms with Gasteiger partial charge < -0.3 is 15.5 Å². The van der Waals surface area contributed by atoms with Crippen molar-refractivity contribution in [3.8, 4) is 11.3 Å². The molecule has 9 nitrogen and oxygen atoms in total. The van der Waals surface area contributed by atoms with E-state index < -0.39 is 10.0 Å². The van der Waals surface area contributed by atoms with Crippen molar-refractivity contribution < 1.29 is 13.2 Å². The summed E-state index contributed by atoms with van der Waals surface area (Å²) in [4.78, 5) is 23.7. The Kier molecular flexibility index (Phi) is 7.26. The van der Waals surface area contributed by atoms with Crippen molar-refractivity contribution in [3.63, 3.8) is 0 Å². The fourth-order valence-electron chi connectivity index (χ4n) is 4.51. The molecule has 1 amide bonds. The lowest BCUT2D eigenvalue weighted by Crippen LogP contribution is -2.46. The zero-order chi connectivity index (χ0) is 25.0. The number of amides is 1. The second-order valence-corrected chi connectivity index (χ2v) is 10.9. The normalized spacial score (nSPS) is 17.1. The van der Waals surface area contributed by atoms with Gasteiger partial charge >= 0.3 is 0 Å². The number of carbonyl (C=O) groups is 1. The summed E-state index contributed by atoms with van der Waals surface area (Å²) in [5, 5.41) is 6.43. The molecule has 0 atom stereocenters. The van der Waals surface area contributed by atoms with E-state index in [1.54, 1.807) is 53.0 Å². The minimum Gasteiger partial charge on any atom is -0.336 e. The van der Waals surface area contributed by atoms with Crippen molar-refractivity contribution in [2.75, 3.05) is 44.6 Å². The fourth-order valence-corrected chi connectivity index (χ4v) is 6.02. The Balaban J connectivity index is 1.27. The number of piperidine rings is 1. The Bertz CT molecular complexity index is 1300. The van der Waals surface area contributed by atoms with Crippen molar-refractivity contribution in [1.82, 2.24) is 24.5 Å². The van der Waals surface area contributed by atoms with Crippen LogP contribution in [0, 0.1) is 0 Å². The highest BCUT2D eigenvalue weighted by Crippen LogP contribution is 2.25. The van der Waals surface area contributed by atoms with Crippen LogP contribution in [0.25, 0.3) is 11.3 Å². The predicted molar refractivity (Wildman–Crippen MR) is 139 cm³/mol. The number of aromatic nitrogens is 2. The summed E-state index contributed by atoms with van der Waals surface area (Å²) in [5.41, 5.74) is 2.90. The summed E-state index contributed by atoms with van der Waals surface area (Å²) in [6.45, 7) is 4.22. The first-order valence-corrected chi connectivity index (χ1v) is 13.8. The van der Waals surface area contributed by atoms with Crippen molar-refractivity contribution >= 4 is 27.6 Å². The highest BCUT2D eigenvalue weighted by molar-refractivity contribution is 7.89. The average molecular weight is 507 g/mol. The van der Waals surface area contributed by atoms with Crippen LogP contribution in [0.1, 0.15) is 29.6 Å². The molecule has 5 rings (SSSR count). The van der Waals surface area contributed by atoms with E-state index in [1.165, 1.54) is 0 Å². The van der Waals surface area contributed by atoms with Crippen molar-refractivity contribution in [1.29, 1.82) is 0 Å². The van der Waals surface area contributed by atoms with Crippen LogP contribution in [0.2, 0.25) is 0 Å². The summed E-state index contributed by atoms with van der Waals surface area (Å²) >= 11 is 0. The maximum Gasteiger partial charge on any atom is 0.253 e. The van der Waals surface area contributed by atoms with Crippen LogP contribution in [0.4, 0.5) is 11.6 Å². The molecule has 36 heavy (non-hydrogen) atoms. The molecule has 10 heteroatoms. The molecule has 188 valence electrons. The van der Waals surface area contributed by atoms with Crippen LogP contribution in [0.3, 0.4) is 0 Å². The summed E-state index contributed by atoms with van der Waals surface area (Å²) in [6.07, 6.45) is 4.55. The second-order valence-electron chi connectivity index (χ2n) is 9.00. The lowest BCUT2D eigenvalue weighted by molar-refractivity contribution is 0.0736. The Morgan fingerprint density at radius 3 is 2.25 bits per heavy atom. The Labute approximate surface area is 211 Å². The van der Waals surface area contributed by atoms with Crippen LogP contribution in [-0.4, -0.2) is 72.8 Å². The van der Waals surface area contributed by atoms with E-state index in [-0.39, 0.29) is 5.91 Å². The quantitative estimate of drug-likeness (QED) is 0.529. The van der Waals surface area contributed by atoms with E-state index in [9.17, 15) is 13.2 Å². The Morgan fingerprint density at radius 2 is 1.56 bits per heavy atom. The fraction of sp³-hybridized carbons (Fsp3) is 0.346. The molecule has 0 radical (unpaired) electrons. The van der Waals surface area contributed by atoms with Crippen LogP contribution < -0.4 is 10.6 Å². The van der Waals surface area contributed by atoms with E-state index in [0.717, 1.165) is 43.6 Å². The van der Waals surface area contributed by atoms with Gasteiger partial charge in [0, 0.05) is 62.3 Å². The molecule has 2 fully saturated rings. The van der Waals surface area contributed by atoms with Gasteiger partial charge in [-0.25, -0.2) is 18.4 Å². The number of sulfonamides is 1. The van der Waals surface area contributed by atoms with Gasteiger partial charge in [-0.1, -0.05) is 18.6 Å². The van der Waals surface area contributed by atoms with Crippen LogP contribution in [0.5, 0.6) is 0 Å². The number of benzene rings is 2. The molecule has 1 aromatic heterocycles. The van der Waals surface area contributed by atoms with Crippen molar-refractivity contribution in [3.05, 3.63) is 66.4 Å². The van der Waals surface area contributed by atoms with E-state index in [0.29, 0.717) is 48.3 Å². The summed E-state index contributed by atoms with van der Waals surface area (Å²) < 4.78 is 27.4. The number of rotatable bonds is 6. The third kappa shape index (κ3) is 5.40. The third-order valence-electron chi connectivity index (χ3n) is 6.55. The van der Waals surface area contributed by atoms with Gasteiger partial charge in [0.05, 0.1) is 10.6 Å². The van der Waals surface area contributed by atoms with Gasteiger partial charge in [-0.3, -0.25) is 4.79 Å². The van der Waals surface area contributed by atoms with Crippen LogP contribution in [-0.2, 0) is 10.0 Å². The first-order valence-electron chi connectivity index (χ1n) is 12.3. The van der Waals surface area contributed by atoms with E-state index >= 15 is 0 Å². The zero-order valence-electron chi connectivity index (χ0n) is 20.1. The van der Waals surface area contributed by atoms with E-state index in [2.05, 4.69) is 20.6 Å². The maximum atomic E-state index is 12.9. The summed E-state index contributed by atoms with van der Waals surface area (Å²) in [7, 11) is -3.47. The first kappa shape index (κ1) is 24.4. The number of hydrogen-bond donors (Lipinski definition) is 2. The molecule has 2 saturated heterocycles. The SMILES string of the molecule is O=C(c1ccc(Nc2nccc(-c3ccc(S(=O)(=O)N4CCCCC4)cc3)n2)cc1)N1CCNCC1. The largest absolute Gasteiger partial charge is 0.336 e. The zero-order valence-corrected chi connectivity index (χ0v) is 20.9. The molecule has 3 heterocycles. The van der Waals surface area contributed by atoms with Crippen LogP contribution >= 0.6 is 0 Å². The number of carbonyl (C=O) groups excluding carboxylic acids is 1. The molecule has 0 unspecified atom stereocenters. The van der Waals surface area contributed by atoms with Gasteiger partial charge in [-0.2, -0.15) is 4.31 Å². The molecule has 2 N–H and O–H groups in total. The minimum atomic E-state index is -3.47. The molecule has 0 aliphatic carbocycles. The molecule has 2 aliphatic heterocycles. The van der Waals surface area contributed by atoms with Gasteiger partial charge in [0.25, 0.3) is 5.91 Å². The molecule has 2 aliphatic rings. The molecule has 0 bridgehead atoms. The number of anilines is 2. The molecule has 0 spiro atoms. The molecular weight excluding hydrogens is 476 g/mol. The standard InChI is InChI=1S/C26H30N6O3S/c33-25(31-18-14-27-15-19-31)21-4-8-22(9-5-21)29-26-28-13-12-24(30-26)20-6-10-23(11-7-20)36(34,35)32-16-2-1-3-17-32/h4-13,27H,1-3,14-19H2,(H,28,29,30). The van der Waals surface area contributed by atoms with Gasteiger partial charge in [0.15, 0.2) is 0 Å². The van der Waals surface area contributed by atoms with Gasteiger partial charge in [0.2, 0.25) is 16.0 Å². The minimum absolute atomic E-state index is 0.0343. The predicted octanol–water partition coefficient (Wildman–Crippen LogP) is 3.11. The highest BCUT2D eigenvalue weighted by atomic mass is 32.2. The van der Waals surface area contributed by atoms with Gasteiger partial charge in [0.1, 0.15) is 0 Å². The Hall–Kier alpha value is -3.34. The monoisotopic (exact) mass is 506 g/mol. The molecule has 0 saturated carbocycles. The lowest BCUT2D eigenvalue weighted by atomic mass is 10.1. The van der Waals surface area contributed by atoms with E-state index in [4.69, 9.17) is 0 Å². The first-order chi connectivity index (χ1) is 17.5. The number of hydrogen-bond acceptors (Lipinski definition) is 7. The second kappa shape index (κ2) is 10.7. The summed E-state index contributed by atoms with van der Waals surface area (Å²) in [6, 6.07) is 15.9. The van der Waals surface area contributed by atoms with Crippen molar-refractivity contribution in [2.45, 2.75) is 24.2 Å². The maximum absolute atomic E-state index is 12.9. The topological polar surface area (TPSA) is 108 Å². The highest BCUT2D eigenvalue weighted by Gasteiger charge is 2.25. The smallest absolute Gasteiger partial charge is 0.253 e. The lowest BCUT2D eigenvalue weighted by Gasteiger charge is -2.27.